The first kappa shape index (κ1) is 29.8. The van der Waals surface area contributed by atoms with Gasteiger partial charge in [0.15, 0.2) is 41.6 Å². The summed E-state index contributed by atoms with van der Waals surface area (Å²) in [5.74, 6) is 0.0930. The Morgan fingerprint density at radius 2 is 1.43 bits per heavy atom. The van der Waals surface area contributed by atoms with Crippen molar-refractivity contribution in [3.8, 4) is 0 Å². The van der Waals surface area contributed by atoms with E-state index in [-0.39, 0.29) is 34.0 Å². The summed E-state index contributed by atoms with van der Waals surface area (Å²) in [5, 5.41) is 11.2. The normalized spacial score (nSPS) is 38.3. The fourth-order valence-electron chi connectivity index (χ4n) is 5.20. The molecule has 3 aliphatic heterocycles. The molecule has 6 N–H and O–H groups in total. The highest BCUT2D eigenvalue weighted by molar-refractivity contribution is 8.07. The van der Waals surface area contributed by atoms with Crippen LogP contribution in [0.15, 0.2) is 25.3 Å². The van der Waals surface area contributed by atoms with Crippen LogP contribution in [-0.4, -0.2) is 98.9 Å². The number of phosphoric acid groups is 1. The fraction of sp³-hybridized carbons (Fsp3) is 0.500. The molecular formula is C20H22FN10O10P2S-. The second kappa shape index (κ2) is 10.9. The summed E-state index contributed by atoms with van der Waals surface area (Å²) in [6.07, 6.45) is -7.85. The highest BCUT2D eigenvalue weighted by Gasteiger charge is 2.52. The Morgan fingerprint density at radius 1 is 0.886 bits per heavy atom. The molecule has 7 heterocycles. The number of anilines is 2. The first-order valence-electron chi connectivity index (χ1n) is 12.7. The first-order chi connectivity index (χ1) is 20.9. The maximum atomic E-state index is 15.9. The van der Waals surface area contributed by atoms with Crippen LogP contribution >= 0.6 is 14.5 Å². The Bertz CT molecular complexity index is 1700. The molecule has 10 atom stereocenters. The molecule has 0 bridgehead atoms. The van der Waals surface area contributed by atoms with Gasteiger partial charge in [-0.15, -0.1) is 0 Å². The average Bonchev–Trinajstić information content (AvgIpc) is 3.73. The van der Waals surface area contributed by atoms with Gasteiger partial charge >= 0.3 is 6.72 Å². The summed E-state index contributed by atoms with van der Waals surface area (Å²) in [6.45, 7) is -5.70. The summed E-state index contributed by atoms with van der Waals surface area (Å²) >= 11 is 5.16. The Kier molecular flexibility index (Phi) is 7.39. The number of fused-ring (bicyclic) bond motifs is 4. The number of ether oxygens (including phenoxy) is 2. The number of phosphoric ester groups is 1. The SMILES string of the molecule is Nc1ncnc2c1ncn2[C@@H]1OC2COP(=O)([O-])O[C@@H]3C(COP(O)(=S)O[C@H]2[C@H]1O)O[C@@H](n1cnc2c(N)ncnc21)[C@@H]3F. The number of nitrogen functional groups attached to an aromatic ring is 2. The lowest BCUT2D eigenvalue weighted by Crippen LogP contribution is -2.39. The number of nitrogens with two attached hydrogens (primary N) is 2. The van der Waals surface area contributed by atoms with Gasteiger partial charge < -0.3 is 49.4 Å². The van der Waals surface area contributed by atoms with Crippen molar-refractivity contribution in [2.45, 2.75) is 49.1 Å². The van der Waals surface area contributed by atoms with Crippen molar-refractivity contribution in [2.75, 3.05) is 24.7 Å². The van der Waals surface area contributed by atoms with Gasteiger partial charge in [0.25, 0.3) is 7.82 Å². The van der Waals surface area contributed by atoms with Gasteiger partial charge in [0.1, 0.15) is 54.2 Å². The molecule has 0 radical (unpaired) electrons. The van der Waals surface area contributed by atoms with Crippen LogP contribution in [0.5, 0.6) is 0 Å². The number of hydrogen-bond donors (Lipinski definition) is 4. The molecule has 0 aromatic carbocycles. The van der Waals surface area contributed by atoms with Crippen molar-refractivity contribution in [3.05, 3.63) is 25.3 Å². The molecule has 24 heteroatoms. The number of nitrogens with zero attached hydrogens (tertiary/aromatic N) is 8. The Balaban J connectivity index is 1.17. The fourth-order valence-corrected chi connectivity index (χ4v) is 7.59. The van der Waals surface area contributed by atoms with Crippen LogP contribution < -0.4 is 16.4 Å². The topological polar surface area (TPSA) is 275 Å². The predicted molar refractivity (Wildman–Crippen MR) is 144 cm³/mol. The van der Waals surface area contributed by atoms with Crippen molar-refractivity contribution in [2.24, 2.45) is 0 Å². The van der Waals surface area contributed by atoms with Gasteiger partial charge in [0.05, 0.1) is 25.9 Å². The molecule has 3 saturated heterocycles. The summed E-state index contributed by atoms with van der Waals surface area (Å²) in [7, 11) is -5.28. The van der Waals surface area contributed by atoms with E-state index in [2.05, 4.69) is 29.9 Å². The van der Waals surface area contributed by atoms with Gasteiger partial charge in [-0.25, -0.2) is 34.3 Å². The number of alkyl halides is 1. The van der Waals surface area contributed by atoms with Crippen LogP contribution in [0.25, 0.3) is 22.3 Å². The Morgan fingerprint density at radius 3 is 2.07 bits per heavy atom. The summed E-state index contributed by atoms with van der Waals surface area (Å²) < 4.78 is 64.1. The van der Waals surface area contributed by atoms with Crippen LogP contribution in [0.2, 0.25) is 0 Å². The maximum absolute atomic E-state index is 15.9. The zero-order valence-electron chi connectivity index (χ0n) is 21.9. The number of aliphatic hydroxyl groups is 1. The van der Waals surface area contributed by atoms with Crippen LogP contribution in [0.4, 0.5) is 16.0 Å². The van der Waals surface area contributed by atoms with Crippen LogP contribution in [0.3, 0.4) is 0 Å². The van der Waals surface area contributed by atoms with E-state index in [1.807, 2.05) is 0 Å². The standard InChI is InChI=1S/C20H23FN10O10P2S/c21-9-13-7(38-19(9)30-5-28-10-15(22)24-3-26-17(10)30)2-37-43(35,44)41-14-8(1-36-42(33,34)40-13)39-20(12(14)32)31-6-29-11-16(23)25-4-27-18(11)31/h3-9,12-14,19-20,32H,1-2H2,(H,33,34)(H,35,44)(H2,22,24,26)(H2,23,25,27)/p-1/t7?,8?,9-,12-,13-,14-,19-,20-,43?/m1/s1. The van der Waals surface area contributed by atoms with E-state index in [0.717, 1.165) is 6.33 Å². The molecule has 0 amide bonds. The second-order valence-electron chi connectivity index (χ2n) is 9.88. The number of aliphatic hydroxyl groups excluding tert-OH is 1. The molecule has 0 spiro atoms. The van der Waals surface area contributed by atoms with E-state index in [9.17, 15) is 19.5 Å². The van der Waals surface area contributed by atoms with E-state index in [1.54, 1.807) is 0 Å². The predicted octanol–water partition coefficient (Wildman–Crippen LogP) is -1.17. The van der Waals surface area contributed by atoms with Gasteiger partial charge in [-0.05, 0) is 11.8 Å². The van der Waals surface area contributed by atoms with Crippen LogP contribution in [0.1, 0.15) is 12.5 Å². The lowest BCUT2D eigenvalue weighted by Gasteiger charge is -2.32. The quantitative estimate of drug-likeness (QED) is 0.182. The summed E-state index contributed by atoms with van der Waals surface area (Å²) in [6, 6.07) is 0. The molecule has 3 fully saturated rings. The lowest BCUT2D eigenvalue weighted by atomic mass is 10.1. The third-order valence-electron chi connectivity index (χ3n) is 7.20. The number of halogens is 1. The highest BCUT2D eigenvalue weighted by atomic mass is 32.5. The van der Waals surface area contributed by atoms with Crippen molar-refractivity contribution in [1.82, 2.24) is 39.0 Å². The lowest BCUT2D eigenvalue weighted by molar-refractivity contribution is -0.235. The van der Waals surface area contributed by atoms with Crippen molar-refractivity contribution in [1.29, 1.82) is 0 Å². The third-order valence-corrected chi connectivity index (χ3v) is 9.73. The van der Waals surface area contributed by atoms with Gasteiger partial charge in [-0.2, -0.15) is 0 Å². The number of aromatic nitrogens is 8. The second-order valence-corrected chi connectivity index (χ2v) is 14.0. The van der Waals surface area contributed by atoms with E-state index >= 15 is 4.39 Å². The smallest absolute Gasteiger partial charge is 0.325 e. The van der Waals surface area contributed by atoms with Gasteiger partial charge in [0, 0.05) is 0 Å². The van der Waals surface area contributed by atoms with Crippen molar-refractivity contribution in [3.63, 3.8) is 0 Å². The van der Waals surface area contributed by atoms with Crippen molar-refractivity contribution >= 4 is 60.3 Å². The van der Waals surface area contributed by atoms with E-state index in [1.165, 1.54) is 28.1 Å². The molecule has 4 aromatic rings. The molecule has 0 aliphatic carbocycles. The van der Waals surface area contributed by atoms with E-state index in [4.69, 9.17) is 50.8 Å². The molecule has 44 heavy (non-hydrogen) atoms. The average molecular weight is 675 g/mol. The number of rotatable bonds is 2. The molecule has 236 valence electrons. The summed E-state index contributed by atoms with van der Waals surface area (Å²) in [4.78, 5) is 47.9. The molecule has 20 nitrogen and oxygen atoms in total. The van der Waals surface area contributed by atoms with E-state index < -0.39 is 76.9 Å². The maximum Gasteiger partial charge on any atom is 0.325 e. The molecule has 0 saturated carbocycles. The highest BCUT2D eigenvalue weighted by Crippen LogP contribution is 2.53. The molecule has 3 aliphatic rings. The molecule has 7 rings (SSSR count). The van der Waals surface area contributed by atoms with Crippen molar-refractivity contribution < 1.29 is 51.4 Å². The number of hydrogen-bond acceptors (Lipinski definition) is 18. The monoisotopic (exact) mass is 675 g/mol. The Labute approximate surface area is 249 Å². The zero-order chi connectivity index (χ0) is 31.0. The minimum atomic E-state index is -5.28. The van der Waals surface area contributed by atoms with Gasteiger partial charge in [-0.3, -0.25) is 18.2 Å². The first-order valence-corrected chi connectivity index (χ1v) is 16.8. The Hall–Kier alpha value is -2.85. The van der Waals surface area contributed by atoms with Crippen LogP contribution in [-0.2, 0) is 43.9 Å². The summed E-state index contributed by atoms with van der Waals surface area (Å²) in [5.41, 5.74) is 12.3. The zero-order valence-corrected chi connectivity index (χ0v) is 24.5. The molecular weight excluding hydrogens is 653 g/mol. The third kappa shape index (κ3) is 5.15. The minimum absolute atomic E-state index is 0.0274. The largest absolute Gasteiger partial charge is 0.756 e. The van der Waals surface area contributed by atoms with E-state index in [0.29, 0.717) is 0 Å². The van der Waals surface area contributed by atoms with Crippen LogP contribution in [0, 0.1) is 0 Å². The number of imidazole rings is 2. The molecule has 4 aromatic heterocycles. The minimum Gasteiger partial charge on any atom is -0.756 e. The van der Waals surface area contributed by atoms with Gasteiger partial charge in [0.2, 0.25) is 0 Å². The van der Waals surface area contributed by atoms with Gasteiger partial charge in [-0.1, -0.05) is 0 Å². The molecule has 4 unspecified atom stereocenters.